The van der Waals surface area contributed by atoms with Crippen molar-refractivity contribution in [2.24, 2.45) is 17.6 Å². The van der Waals surface area contributed by atoms with Crippen molar-refractivity contribution in [2.75, 3.05) is 6.54 Å². The Labute approximate surface area is 155 Å². The largest absolute Gasteiger partial charge is 0.480 e. The zero-order valence-corrected chi connectivity index (χ0v) is 16.1. The molecule has 1 fully saturated rings. The number of nitrogens with zero attached hydrogens (tertiary/aromatic N) is 1. The van der Waals surface area contributed by atoms with Gasteiger partial charge in [-0.05, 0) is 37.5 Å². The van der Waals surface area contributed by atoms with E-state index in [4.69, 9.17) is 5.73 Å². The number of aliphatic carboxylic acids is 1. The van der Waals surface area contributed by atoms with Gasteiger partial charge in [-0.25, -0.2) is 4.79 Å². The molecule has 0 aromatic heterocycles. The lowest BCUT2D eigenvalue weighted by Gasteiger charge is -2.29. The number of likely N-dealkylation sites (tertiary alicyclic amines) is 1. The number of rotatable bonds is 9. The van der Waals surface area contributed by atoms with Crippen molar-refractivity contribution in [1.82, 2.24) is 10.2 Å². The Morgan fingerprint density at radius 2 is 1.73 bits per heavy atom. The summed E-state index contributed by atoms with van der Waals surface area (Å²) in [7, 11) is 0. The summed E-state index contributed by atoms with van der Waals surface area (Å²) < 4.78 is 0. The van der Waals surface area contributed by atoms with Crippen molar-refractivity contribution in [3.05, 3.63) is 0 Å². The highest BCUT2D eigenvalue weighted by Gasteiger charge is 2.39. The van der Waals surface area contributed by atoms with Gasteiger partial charge in [0.25, 0.3) is 5.91 Å². The van der Waals surface area contributed by atoms with E-state index in [1.165, 1.54) is 4.90 Å². The summed E-state index contributed by atoms with van der Waals surface area (Å²) in [4.78, 5) is 37.8. The van der Waals surface area contributed by atoms with E-state index in [9.17, 15) is 24.6 Å². The molecular formula is C18H33N3O5. The van der Waals surface area contributed by atoms with E-state index in [2.05, 4.69) is 5.32 Å². The monoisotopic (exact) mass is 371 g/mol. The zero-order valence-electron chi connectivity index (χ0n) is 16.1. The zero-order chi connectivity index (χ0) is 20.0. The number of nitrogens with one attached hydrogen (secondary N) is 1. The quantitative estimate of drug-likeness (QED) is 0.461. The molecule has 0 aliphatic carbocycles. The number of carbonyl (C=O) groups is 3. The fourth-order valence-electron chi connectivity index (χ4n) is 3.29. The Balaban J connectivity index is 2.77. The minimum atomic E-state index is -1.36. The first-order chi connectivity index (χ1) is 12.0. The Morgan fingerprint density at radius 3 is 2.23 bits per heavy atom. The van der Waals surface area contributed by atoms with Crippen molar-refractivity contribution in [3.8, 4) is 0 Å². The lowest BCUT2D eigenvalue weighted by atomic mass is 9.99. The SMILES string of the molecule is CC(C)C[C@H](NC(=O)[C@@H]1CCCN1C(=O)[C@@H](O)[C@H](N)CC(C)C)C(=O)O. The maximum atomic E-state index is 12.6. The number of carboxylic acid groups (broad SMARTS) is 1. The van der Waals surface area contributed by atoms with E-state index in [1.54, 1.807) is 0 Å². The molecule has 150 valence electrons. The van der Waals surface area contributed by atoms with Crippen LogP contribution < -0.4 is 11.1 Å². The summed E-state index contributed by atoms with van der Waals surface area (Å²) in [6.07, 6.45) is 0.503. The van der Waals surface area contributed by atoms with Crippen LogP contribution in [0.4, 0.5) is 0 Å². The van der Waals surface area contributed by atoms with Crippen LogP contribution in [-0.2, 0) is 14.4 Å². The highest BCUT2D eigenvalue weighted by Crippen LogP contribution is 2.20. The molecule has 0 aromatic rings. The third kappa shape index (κ3) is 6.25. The molecule has 0 radical (unpaired) electrons. The number of carboxylic acids is 1. The van der Waals surface area contributed by atoms with Crippen LogP contribution in [0.1, 0.15) is 53.4 Å². The van der Waals surface area contributed by atoms with E-state index in [0.29, 0.717) is 32.2 Å². The van der Waals surface area contributed by atoms with Gasteiger partial charge in [-0.3, -0.25) is 9.59 Å². The molecule has 8 nitrogen and oxygen atoms in total. The first-order valence-electron chi connectivity index (χ1n) is 9.31. The second kappa shape index (κ2) is 9.87. The van der Waals surface area contributed by atoms with Crippen molar-refractivity contribution in [2.45, 2.75) is 77.6 Å². The van der Waals surface area contributed by atoms with Gasteiger partial charge in [-0.15, -0.1) is 0 Å². The van der Waals surface area contributed by atoms with E-state index in [0.717, 1.165) is 0 Å². The first kappa shape index (κ1) is 22.4. The second-order valence-electron chi connectivity index (χ2n) is 7.96. The summed E-state index contributed by atoms with van der Waals surface area (Å²) in [5, 5.41) is 22.1. The molecule has 1 heterocycles. The molecule has 0 aromatic carbocycles. The Kier molecular flexibility index (Phi) is 8.49. The highest BCUT2D eigenvalue weighted by molar-refractivity contribution is 5.92. The molecule has 0 unspecified atom stereocenters. The number of hydrogen-bond acceptors (Lipinski definition) is 5. The molecule has 1 aliphatic heterocycles. The van der Waals surface area contributed by atoms with Gasteiger partial charge in [0.05, 0.1) is 0 Å². The number of aliphatic hydroxyl groups excluding tert-OH is 1. The van der Waals surface area contributed by atoms with Crippen LogP contribution in [0.15, 0.2) is 0 Å². The molecule has 8 heteroatoms. The molecule has 0 spiro atoms. The Bertz CT molecular complexity index is 509. The summed E-state index contributed by atoms with van der Waals surface area (Å²) >= 11 is 0. The number of amides is 2. The topological polar surface area (TPSA) is 133 Å². The standard InChI is InChI=1S/C18H33N3O5/c1-10(2)8-12(19)15(22)17(24)21-7-5-6-14(21)16(23)20-13(18(25)26)9-11(3)4/h10-15,22H,5-9,19H2,1-4H3,(H,20,23)(H,25,26)/t12-,13+,14+,15+/m1/s1. The molecule has 5 N–H and O–H groups in total. The summed E-state index contributed by atoms with van der Waals surface area (Å²) in [5.41, 5.74) is 5.91. The minimum Gasteiger partial charge on any atom is -0.480 e. The van der Waals surface area contributed by atoms with Gasteiger partial charge in [0.15, 0.2) is 0 Å². The van der Waals surface area contributed by atoms with Crippen LogP contribution >= 0.6 is 0 Å². The molecule has 1 saturated heterocycles. The van der Waals surface area contributed by atoms with Crippen LogP contribution in [0.3, 0.4) is 0 Å². The van der Waals surface area contributed by atoms with Crippen molar-refractivity contribution in [1.29, 1.82) is 0 Å². The maximum absolute atomic E-state index is 12.6. The van der Waals surface area contributed by atoms with Crippen LogP contribution in [0.2, 0.25) is 0 Å². The van der Waals surface area contributed by atoms with Gasteiger partial charge in [0, 0.05) is 12.6 Å². The third-order valence-electron chi connectivity index (χ3n) is 4.56. The van der Waals surface area contributed by atoms with Gasteiger partial charge in [0.1, 0.15) is 18.2 Å². The number of hydrogen-bond donors (Lipinski definition) is 4. The van der Waals surface area contributed by atoms with Crippen molar-refractivity contribution >= 4 is 17.8 Å². The molecule has 2 amide bonds. The number of nitrogens with two attached hydrogens (primary N) is 1. The second-order valence-corrected chi connectivity index (χ2v) is 7.96. The van der Waals surface area contributed by atoms with Crippen molar-refractivity contribution < 1.29 is 24.6 Å². The van der Waals surface area contributed by atoms with Crippen LogP contribution in [0.25, 0.3) is 0 Å². The molecule has 0 bridgehead atoms. The van der Waals surface area contributed by atoms with Crippen LogP contribution in [0.5, 0.6) is 0 Å². The molecule has 4 atom stereocenters. The normalized spacial score (nSPS) is 20.9. The summed E-state index contributed by atoms with van der Waals surface area (Å²) in [5.74, 6) is -1.81. The van der Waals surface area contributed by atoms with Crippen molar-refractivity contribution in [3.63, 3.8) is 0 Å². The average molecular weight is 371 g/mol. The fraction of sp³-hybridized carbons (Fsp3) is 0.833. The van der Waals surface area contributed by atoms with Gasteiger partial charge in [-0.1, -0.05) is 27.7 Å². The highest BCUT2D eigenvalue weighted by atomic mass is 16.4. The predicted molar refractivity (Wildman–Crippen MR) is 97.2 cm³/mol. The summed E-state index contributed by atoms with van der Waals surface area (Å²) in [6, 6.07) is -2.45. The van der Waals surface area contributed by atoms with E-state index < -0.39 is 42.0 Å². The van der Waals surface area contributed by atoms with Crippen LogP contribution in [-0.4, -0.2) is 63.7 Å². The van der Waals surface area contributed by atoms with E-state index in [1.807, 2.05) is 27.7 Å². The lowest BCUT2D eigenvalue weighted by Crippen LogP contribution is -2.55. The maximum Gasteiger partial charge on any atom is 0.326 e. The molecule has 1 rings (SSSR count). The van der Waals surface area contributed by atoms with E-state index in [-0.39, 0.29) is 11.8 Å². The molecule has 0 saturated carbocycles. The van der Waals surface area contributed by atoms with Gasteiger partial charge in [0.2, 0.25) is 5.91 Å². The van der Waals surface area contributed by atoms with Crippen LogP contribution in [0, 0.1) is 11.8 Å². The Morgan fingerprint density at radius 1 is 1.15 bits per heavy atom. The number of carbonyl (C=O) groups excluding carboxylic acids is 2. The van der Waals surface area contributed by atoms with Gasteiger partial charge < -0.3 is 26.2 Å². The minimum absolute atomic E-state index is 0.105. The number of aliphatic hydroxyl groups is 1. The molecule has 1 aliphatic rings. The van der Waals surface area contributed by atoms with Gasteiger partial charge >= 0.3 is 5.97 Å². The Hall–Kier alpha value is -1.67. The lowest BCUT2D eigenvalue weighted by molar-refractivity contribution is -0.147. The smallest absolute Gasteiger partial charge is 0.326 e. The van der Waals surface area contributed by atoms with Gasteiger partial charge in [-0.2, -0.15) is 0 Å². The average Bonchev–Trinajstić information content (AvgIpc) is 3.01. The third-order valence-corrected chi connectivity index (χ3v) is 4.56. The summed E-state index contributed by atoms with van der Waals surface area (Å²) in [6.45, 7) is 8.00. The molecule has 26 heavy (non-hydrogen) atoms. The fourth-order valence-corrected chi connectivity index (χ4v) is 3.29. The molecular weight excluding hydrogens is 338 g/mol. The van der Waals surface area contributed by atoms with E-state index >= 15 is 0 Å². The first-order valence-corrected chi connectivity index (χ1v) is 9.31. The predicted octanol–water partition coefficient (Wildman–Crippen LogP) is 0.327.